The van der Waals surface area contributed by atoms with E-state index in [2.05, 4.69) is 17.2 Å². The maximum atomic E-state index is 7.60. The monoisotopic (exact) mass is 313 g/mol. The predicted molar refractivity (Wildman–Crippen MR) is 87.1 cm³/mol. The zero-order valence-electron chi connectivity index (χ0n) is 11.5. The van der Waals surface area contributed by atoms with Crippen LogP contribution in [-0.2, 0) is 6.42 Å². The third-order valence-corrected chi connectivity index (χ3v) is 3.46. The smallest absolute Gasteiger partial charge is 0.194 e. The zero-order valence-corrected chi connectivity index (χ0v) is 13.1. The summed E-state index contributed by atoms with van der Waals surface area (Å²) in [6, 6.07) is 3.57. The van der Waals surface area contributed by atoms with Crippen LogP contribution >= 0.6 is 23.8 Å². The predicted octanol–water partition coefficient (Wildman–Crippen LogP) is 2.15. The highest BCUT2D eigenvalue weighted by molar-refractivity contribution is 7.80. The van der Waals surface area contributed by atoms with Gasteiger partial charge in [-0.15, -0.1) is 0 Å². The van der Waals surface area contributed by atoms with E-state index in [0.29, 0.717) is 23.1 Å². The van der Waals surface area contributed by atoms with E-state index < -0.39 is 0 Å². The van der Waals surface area contributed by atoms with Crippen molar-refractivity contribution in [1.82, 2.24) is 15.2 Å². The van der Waals surface area contributed by atoms with E-state index in [1.807, 2.05) is 0 Å². The van der Waals surface area contributed by atoms with E-state index in [-0.39, 0.29) is 5.96 Å². The molecule has 0 aliphatic carbocycles. The van der Waals surface area contributed by atoms with E-state index in [9.17, 15) is 0 Å². The Hall–Kier alpha value is -1.40. The molecule has 0 bridgehead atoms. The van der Waals surface area contributed by atoms with Crippen LogP contribution in [0.5, 0.6) is 0 Å². The van der Waals surface area contributed by atoms with Crippen LogP contribution < -0.4 is 11.1 Å². The van der Waals surface area contributed by atoms with Crippen LogP contribution in [0.1, 0.15) is 25.5 Å². The maximum Gasteiger partial charge on any atom is 0.194 e. The highest BCUT2D eigenvalue weighted by atomic mass is 35.5. The lowest BCUT2D eigenvalue weighted by molar-refractivity contribution is 0.571. The van der Waals surface area contributed by atoms with Gasteiger partial charge < -0.3 is 11.1 Å². The molecule has 110 valence electrons. The third-order valence-electron chi connectivity index (χ3n) is 2.75. The Morgan fingerprint density at radius 2 is 2.35 bits per heavy atom. The lowest BCUT2D eigenvalue weighted by Gasteiger charge is -2.23. The highest BCUT2D eigenvalue weighted by Gasteiger charge is 2.13. The van der Waals surface area contributed by atoms with E-state index in [1.54, 1.807) is 23.2 Å². The van der Waals surface area contributed by atoms with Crippen LogP contribution in [0.4, 0.5) is 0 Å². The van der Waals surface area contributed by atoms with Crippen molar-refractivity contribution in [3.63, 3.8) is 0 Å². The van der Waals surface area contributed by atoms with E-state index in [0.717, 1.165) is 25.1 Å². The number of hydrogen-bond acceptors (Lipinski definition) is 3. The standard InChI is InChI=1S/C13H20ClN5S/c1-2-3-7-18-13(20)19(12(15)16)9-6-11-10(14)5-4-8-17-11/h4-5,8H,2-3,6-7,9H2,1H3,(H3,15,16)(H,18,20). The van der Waals surface area contributed by atoms with Crippen molar-refractivity contribution in [2.24, 2.45) is 5.73 Å². The second-order valence-corrected chi connectivity index (χ2v) is 5.10. The summed E-state index contributed by atoms with van der Waals surface area (Å²) in [4.78, 5) is 5.76. The van der Waals surface area contributed by atoms with E-state index >= 15 is 0 Å². The van der Waals surface area contributed by atoms with Gasteiger partial charge in [0.15, 0.2) is 11.1 Å². The van der Waals surface area contributed by atoms with Gasteiger partial charge in [0.1, 0.15) is 0 Å². The maximum absolute atomic E-state index is 7.60. The summed E-state index contributed by atoms with van der Waals surface area (Å²) >= 11 is 11.3. The molecule has 0 fully saturated rings. The minimum Gasteiger partial charge on any atom is -0.370 e. The first-order chi connectivity index (χ1) is 9.56. The van der Waals surface area contributed by atoms with Crippen molar-refractivity contribution >= 4 is 34.9 Å². The molecule has 0 aliphatic rings. The highest BCUT2D eigenvalue weighted by Crippen LogP contribution is 2.12. The van der Waals surface area contributed by atoms with Gasteiger partial charge in [-0.3, -0.25) is 15.3 Å². The first-order valence-corrected chi connectivity index (χ1v) is 7.33. The van der Waals surface area contributed by atoms with Crippen LogP contribution in [-0.4, -0.2) is 34.0 Å². The van der Waals surface area contributed by atoms with Crippen molar-refractivity contribution in [2.75, 3.05) is 13.1 Å². The Bertz CT molecular complexity index is 466. The molecule has 0 spiro atoms. The first-order valence-electron chi connectivity index (χ1n) is 6.55. The fourth-order valence-electron chi connectivity index (χ4n) is 1.62. The van der Waals surface area contributed by atoms with Crippen molar-refractivity contribution in [3.8, 4) is 0 Å². The number of rotatable bonds is 6. The molecule has 1 heterocycles. The summed E-state index contributed by atoms with van der Waals surface area (Å²) in [6.07, 6.45) is 4.38. The van der Waals surface area contributed by atoms with Gasteiger partial charge in [0.25, 0.3) is 0 Å². The second-order valence-electron chi connectivity index (χ2n) is 4.30. The molecule has 0 amide bonds. The Kier molecular flexibility index (Phi) is 7.25. The molecular weight excluding hydrogens is 294 g/mol. The average Bonchev–Trinajstić information content (AvgIpc) is 2.41. The number of unbranched alkanes of at least 4 members (excludes halogenated alkanes) is 1. The quantitative estimate of drug-likeness (QED) is 0.325. The molecule has 4 N–H and O–H groups in total. The van der Waals surface area contributed by atoms with Gasteiger partial charge in [0.2, 0.25) is 0 Å². The minimum absolute atomic E-state index is 0.0777. The molecule has 20 heavy (non-hydrogen) atoms. The van der Waals surface area contributed by atoms with Gasteiger partial charge in [0, 0.05) is 25.7 Å². The number of pyridine rings is 1. The fourth-order valence-corrected chi connectivity index (χ4v) is 2.13. The first kappa shape index (κ1) is 16.7. The van der Waals surface area contributed by atoms with Crippen LogP contribution in [0.3, 0.4) is 0 Å². The number of guanidine groups is 1. The van der Waals surface area contributed by atoms with Gasteiger partial charge in [-0.1, -0.05) is 24.9 Å². The SMILES string of the molecule is CCCCNC(=S)N(CCc1ncccc1Cl)C(=N)N. The Morgan fingerprint density at radius 1 is 1.60 bits per heavy atom. The van der Waals surface area contributed by atoms with Gasteiger partial charge in [-0.25, -0.2) is 0 Å². The summed E-state index contributed by atoms with van der Waals surface area (Å²) in [7, 11) is 0. The molecule has 0 aliphatic heterocycles. The third kappa shape index (κ3) is 5.30. The molecule has 7 heteroatoms. The fraction of sp³-hybridized carbons (Fsp3) is 0.462. The lowest BCUT2D eigenvalue weighted by atomic mass is 10.2. The average molecular weight is 314 g/mol. The molecular formula is C13H20ClN5S. The summed E-state index contributed by atoms with van der Waals surface area (Å²) in [5.74, 6) is -0.0777. The van der Waals surface area contributed by atoms with Crippen molar-refractivity contribution in [1.29, 1.82) is 5.41 Å². The Labute approximate surface area is 130 Å². The number of nitrogens with zero attached hydrogens (tertiary/aromatic N) is 2. The molecule has 5 nitrogen and oxygen atoms in total. The van der Waals surface area contributed by atoms with Crippen LogP contribution in [0, 0.1) is 5.41 Å². The van der Waals surface area contributed by atoms with Gasteiger partial charge in [0.05, 0.1) is 10.7 Å². The largest absolute Gasteiger partial charge is 0.370 e. The van der Waals surface area contributed by atoms with Crippen molar-refractivity contribution < 1.29 is 0 Å². The number of nitrogens with two attached hydrogens (primary N) is 1. The van der Waals surface area contributed by atoms with Crippen LogP contribution in [0.25, 0.3) is 0 Å². The van der Waals surface area contributed by atoms with Crippen LogP contribution in [0.15, 0.2) is 18.3 Å². The van der Waals surface area contributed by atoms with E-state index in [1.165, 1.54) is 0 Å². The molecule has 1 aromatic rings. The summed E-state index contributed by atoms with van der Waals surface area (Å²) < 4.78 is 0. The van der Waals surface area contributed by atoms with Gasteiger partial charge in [-0.2, -0.15) is 0 Å². The molecule has 0 atom stereocenters. The molecule has 0 aromatic carbocycles. The van der Waals surface area contributed by atoms with Crippen molar-refractivity contribution in [2.45, 2.75) is 26.2 Å². The lowest BCUT2D eigenvalue weighted by Crippen LogP contribution is -2.47. The molecule has 0 saturated heterocycles. The van der Waals surface area contributed by atoms with E-state index in [4.69, 9.17) is 35.0 Å². The number of aromatic nitrogens is 1. The van der Waals surface area contributed by atoms with Crippen LogP contribution in [0.2, 0.25) is 5.02 Å². The van der Waals surface area contributed by atoms with Crippen molar-refractivity contribution in [3.05, 3.63) is 29.0 Å². The normalized spacial score (nSPS) is 10.1. The molecule has 1 rings (SSSR count). The number of hydrogen-bond donors (Lipinski definition) is 3. The topological polar surface area (TPSA) is 78.0 Å². The second kappa shape index (κ2) is 8.71. The summed E-state index contributed by atoms with van der Waals surface area (Å²) in [5.41, 5.74) is 6.35. The minimum atomic E-state index is -0.0777. The molecule has 0 radical (unpaired) electrons. The zero-order chi connectivity index (χ0) is 15.0. The summed E-state index contributed by atoms with van der Waals surface area (Å²) in [5, 5.41) is 11.8. The van der Waals surface area contributed by atoms with Gasteiger partial charge >= 0.3 is 0 Å². The number of halogens is 1. The molecule has 0 unspecified atom stereocenters. The molecule has 0 saturated carbocycles. The Morgan fingerprint density at radius 3 is 2.95 bits per heavy atom. The van der Waals surface area contributed by atoms with Gasteiger partial charge in [-0.05, 0) is 30.8 Å². The number of nitrogens with one attached hydrogen (secondary N) is 2. The Balaban J connectivity index is 2.57. The number of thiocarbonyl (C=S) groups is 1. The molecule has 1 aromatic heterocycles. The summed E-state index contributed by atoms with van der Waals surface area (Å²) in [6.45, 7) is 3.37.